The van der Waals surface area contributed by atoms with Gasteiger partial charge in [0.05, 0.1) is 0 Å². The Morgan fingerprint density at radius 3 is 2.93 bits per heavy atom. The largest absolute Gasteiger partial charge is 0.352 e. The third-order valence-corrected chi connectivity index (χ3v) is 2.66. The summed E-state index contributed by atoms with van der Waals surface area (Å²) in [5.74, 6) is 0.981. The molecule has 0 saturated carbocycles. The zero-order valence-corrected chi connectivity index (χ0v) is 10.1. The van der Waals surface area contributed by atoms with E-state index in [0.29, 0.717) is 0 Å². The number of thioether (sulfide) groups is 1. The monoisotopic (exact) mass is 223 g/mol. The van der Waals surface area contributed by atoms with Gasteiger partial charge in [0, 0.05) is 17.9 Å². The summed E-state index contributed by atoms with van der Waals surface area (Å²) in [4.78, 5) is 11.6. The van der Waals surface area contributed by atoms with Crippen molar-refractivity contribution >= 4 is 17.7 Å². The molecule has 0 aromatic heterocycles. The van der Waals surface area contributed by atoms with Crippen LogP contribution in [0.15, 0.2) is 24.3 Å². The van der Waals surface area contributed by atoms with E-state index in [2.05, 4.69) is 11.6 Å². The predicted molar refractivity (Wildman–Crippen MR) is 66.3 cm³/mol. The van der Waals surface area contributed by atoms with Crippen molar-refractivity contribution in [1.82, 2.24) is 5.32 Å². The first-order valence-electron chi connectivity index (χ1n) is 5.14. The summed E-state index contributed by atoms with van der Waals surface area (Å²) in [5.41, 5.74) is 1.96. The Labute approximate surface area is 95.5 Å². The summed E-state index contributed by atoms with van der Waals surface area (Å²) in [6.45, 7) is 2.79. The van der Waals surface area contributed by atoms with E-state index >= 15 is 0 Å². The van der Waals surface area contributed by atoms with Gasteiger partial charge in [-0.1, -0.05) is 19.1 Å². The number of carbonyl (C=O) groups is 1. The Morgan fingerprint density at radius 2 is 2.27 bits per heavy atom. The van der Waals surface area contributed by atoms with Crippen molar-refractivity contribution in [2.45, 2.75) is 19.1 Å². The van der Waals surface area contributed by atoms with Crippen LogP contribution in [0.25, 0.3) is 0 Å². The zero-order chi connectivity index (χ0) is 11.1. The van der Waals surface area contributed by atoms with Gasteiger partial charge in [-0.2, -0.15) is 11.8 Å². The van der Waals surface area contributed by atoms with E-state index in [0.717, 1.165) is 24.3 Å². The lowest BCUT2D eigenvalue weighted by Gasteiger charge is -2.05. The number of hydrogen-bond acceptors (Lipinski definition) is 2. The Kier molecular flexibility index (Phi) is 5.26. The maximum Gasteiger partial charge on any atom is 0.251 e. The highest BCUT2D eigenvalue weighted by atomic mass is 32.2. The van der Waals surface area contributed by atoms with Gasteiger partial charge >= 0.3 is 0 Å². The molecular formula is C12H17NOS. The lowest BCUT2D eigenvalue weighted by molar-refractivity contribution is 0.0953. The minimum atomic E-state index is 0.0276. The molecule has 82 valence electrons. The van der Waals surface area contributed by atoms with Crippen molar-refractivity contribution in [1.29, 1.82) is 0 Å². The van der Waals surface area contributed by atoms with Gasteiger partial charge in [0.1, 0.15) is 0 Å². The van der Waals surface area contributed by atoms with Gasteiger partial charge < -0.3 is 5.32 Å². The maximum atomic E-state index is 11.6. The zero-order valence-electron chi connectivity index (χ0n) is 9.25. The van der Waals surface area contributed by atoms with Crippen molar-refractivity contribution in [3.63, 3.8) is 0 Å². The van der Waals surface area contributed by atoms with Crippen LogP contribution in [0.1, 0.15) is 29.3 Å². The minimum Gasteiger partial charge on any atom is -0.352 e. The molecule has 0 unspecified atom stereocenters. The van der Waals surface area contributed by atoms with Crippen LogP contribution in [-0.4, -0.2) is 18.7 Å². The molecule has 0 atom stereocenters. The summed E-state index contributed by atoms with van der Waals surface area (Å²) < 4.78 is 0. The van der Waals surface area contributed by atoms with E-state index in [-0.39, 0.29) is 5.91 Å². The third-order valence-electron chi connectivity index (χ3n) is 2.04. The summed E-state index contributed by atoms with van der Waals surface area (Å²) in [5, 5.41) is 2.87. The highest BCUT2D eigenvalue weighted by Gasteiger charge is 2.04. The molecule has 0 aliphatic rings. The van der Waals surface area contributed by atoms with Crippen molar-refractivity contribution in [2.24, 2.45) is 0 Å². The Morgan fingerprint density at radius 1 is 1.47 bits per heavy atom. The topological polar surface area (TPSA) is 29.1 Å². The van der Waals surface area contributed by atoms with Crippen molar-refractivity contribution < 1.29 is 4.79 Å². The highest BCUT2D eigenvalue weighted by molar-refractivity contribution is 7.97. The molecule has 0 fully saturated rings. The predicted octanol–water partition coefficient (Wildman–Crippen LogP) is 2.69. The van der Waals surface area contributed by atoms with E-state index in [9.17, 15) is 4.79 Å². The molecule has 0 aliphatic carbocycles. The van der Waals surface area contributed by atoms with Crippen molar-refractivity contribution in [2.75, 3.05) is 12.8 Å². The number of benzene rings is 1. The van der Waals surface area contributed by atoms with Crippen LogP contribution < -0.4 is 5.32 Å². The number of carbonyl (C=O) groups excluding carboxylic acids is 1. The van der Waals surface area contributed by atoms with E-state index < -0.39 is 0 Å². The first-order valence-corrected chi connectivity index (χ1v) is 6.53. The van der Waals surface area contributed by atoms with Gasteiger partial charge in [0.25, 0.3) is 5.91 Å². The molecule has 0 heterocycles. The number of hydrogen-bond donors (Lipinski definition) is 1. The standard InChI is InChI=1S/C12H17NOS/c1-3-7-13-12(14)11-6-4-5-10(8-11)9-15-2/h4-6,8H,3,7,9H2,1-2H3,(H,13,14). The molecule has 3 heteroatoms. The normalized spacial score (nSPS) is 10.0. The van der Waals surface area contributed by atoms with E-state index in [4.69, 9.17) is 0 Å². The van der Waals surface area contributed by atoms with Crippen LogP contribution in [0.2, 0.25) is 0 Å². The quantitative estimate of drug-likeness (QED) is 0.831. The second kappa shape index (κ2) is 6.51. The van der Waals surface area contributed by atoms with Crippen molar-refractivity contribution in [3.05, 3.63) is 35.4 Å². The molecule has 2 nitrogen and oxygen atoms in total. The Balaban J connectivity index is 2.67. The molecule has 0 aliphatic heterocycles. The number of rotatable bonds is 5. The maximum absolute atomic E-state index is 11.6. The number of nitrogens with one attached hydrogen (secondary N) is 1. The Bertz CT molecular complexity index is 325. The van der Waals surface area contributed by atoms with Crippen LogP contribution in [0.3, 0.4) is 0 Å². The molecule has 1 amide bonds. The second-order valence-corrected chi connectivity index (χ2v) is 4.26. The summed E-state index contributed by atoms with van der Waals surface area (Å²) in [6.07, 6.45) is 3.03. The molecule has 0 radical (unpaired) electrons. The smallest absolute Gasteiger partial charge is 0.251 e. The lowest BCUT2D eigenvalue weighted by Crippen LogP contribution is -2.23. The third kappa shape index (κ3) is 3.96. The second-order valence-electron chi connectivity index (χ2n) is 3.39. The fourth-order valence-electron chi connectivity index (χ4n) is 1.31. The molecule has 15 heavy (non-hydrogen) atoms. The summed E-state index contributed by atoms with van der Waals surface area (Å²) in [6, 6.07) is 7.80. The van der Waals surface area contributed by atoms with Gasteiger partial charge in [-0.15, -0.1) is 0 Å². The first kappa shape index (κ1) is 12.1. The fourth-order valence-corrected chi connectivity index (χ4v) is 1.82. The van der Waals surface area contributed by atoms with Crippen molar-refractivity contribution in [3.8, 4) is 0 Å². The van der Waals surface area contributed by atoms with Crippen LogP contribution in [0.4, 0.5) is 0 Å². The lowest BCUT2D eigenvalue weighted by atomic mass is 10.1. The van der Waals surface area contributed by atoms with Gasteiger partial charge in [-0.3, -0.25) is 4.79 Å². The molecule has 0 saturated heterocycles. The molecule has 0 spiro atoms. The van der Waals surface area contributed by atoms with Crippen LogP contribution >= 0.6 is 11.8 Å². The average molecular weight is 223 g/mol. The number of amides is 1. The molecule has 0 bridgehead atoms. The van der Waals surface area contributed by atoms with Crippen LogP contribution in [0, 0.1) is 0 Å². The van der Waals surface area contributed by atoms with E-state index in [1.807, 2.05) is 31.2 Å². The fraction of sp³-hybridized carbons (Fsp3) is 0.417. The molecule has 1 rings (SSSR count). The SMILES string of the molecule is CCCNC(=O)c1cccc(CSC)c1. The van der Waals surface area contributed by atoms with Crippen LogP contribution in [-0.2, 0) is 5.75 Å². The molecular weight excluding hydrogens is 206 g/mol. The van der Waals surface area contributed by atoms with E-state index in [1.165, 1.54) is 5.56 Å². The van der Waals surface area contributed by atoms with Gasteiger partial charge in [-0.05, 0) is 30.4 Å². The van der Waals surface area contributed by atoms with Gasteiger partial charge in [0.15, 0.2) is 0 Å². The summed E-state index contributed by atoms with van der Waals surface area (Å²) in [7, 11) is 0. The molecule has 1 N–H and O–H groups in total. The molecule has 1 aromatic rings. The van der Waals surface area contributed by atoms with E-state index in [1.54, 1.807) is 11.8 Å². The highest BCUT2D eigenvalue weighted by Crippen LogP contribution is 2.11. The Hall–Kier alpha value is -0.960. The molecule has 1 aromatic carbocycles. The average Bonchev–Trinajstić information content (AvgIpc) is 2.27. The van der Waals surface area contributed by atoms with Crippen LogP contribution in [0.5, 0.6) is 0 Å². The minimum absolute atomic E-state index is 0.0276. The van der Waals surface area contributed by atoms with Gasteiger partial charge in [-0.25, -0.2) is 0 Å². The van der Waals surface area contributed by atoms with Gasteiger partial charge in [0.2, 0.25) is 0 Å². The first-order chi connectivity index (χ1) is 7.27. The summed E-state index contributed by atoms with van der Waals surface area (Å²) >= 11 is 1.76.